The lowest BCUT2D eigenvalue weighted by atomic mass is 9.61. The topological polar surface area (TPSA) is 124 Å². The number of hydrogen-bond acceptors (Lipinski definition) is 6. The Bertz CT molecular complexity index is 804. The summed E-state index contributed by atoms with van der Waals surface area (Å²) in [6.45, 7) is 5.48. The Balaban J connectivity index is 1.79. The van der Waals surface area contributed by atoms with E-state index in [4.69, 9.17) is 4.74 Å². The maximum atomic E-state index is 12.7. The Morgan fingerprint density at radius 1 is 1.38 bits per heavy atom. The van der Waals surface area contributed by atoms with E-state index in [1.807, 2.05) is 0 Å². The molecule has 3 saturated carbocycles. The zero-order valence-corrected chi connectivity index (χ0v) is 14.4. The highest BCUT2D eigenvalue weighted by molar-refractivity contribution is 5.86. The number of fused-ring (bicyclic) bond motifs is 1. The summed E-state index contributed by atoms with van der Waals surface area (Å²) in [5, 5.41) is 42.2. The SMILES string of the molecule is C=C1C[C@]23C[C@@]1(O)[C@@H](O)C[C@H]2[C@@]12C=C[C@H](O)[C@](C)(C(=O)O1)[C@H]2[C@@H]3C(=O)O. The molecule has 1 spiro atoms. The molecule has 7 nitrogen and oxygen atoms in total. The van der Waals surface area contributed by atoms with Gasteiger partial charge in [0.15, 0.2) is 0 Å². The number of ether oxygens (including phenoxy) is 1. The second-order valence-electron chi connectivity index (χ2n) is 9.04. The second kappa shape index (κ2) is 4.24. The summed E-state index contributed by atoms with van der Waals surface area (Å²) in [7, 11) is 0. The van der Waals surface area contributed by atoms with E-state index >= 15 is 0 Å². The third-order valence-electron chi connectivity index (χ3n) is 8.22. The van der Waals surface area contributed by atoms with Crippen molar-refractivity contribution in [3.63, 3.8) is 0 Å². The summed E-state index contributed by atoms with van der Waals surface area (Å²) in [4.78, 5) is 25.1. The van der Waals surface area contributed by atoms with Gasteiger partial charge in [-0.05, 0) is 43.3 Å². The first kappa shape index (κ1) is 16.5. The first-order valence-corrected chi connectivity index (χ1v) is 8.96. The van der Waals surface area contributed by atoms with Crippen LogP contribution in [0.3, 0.4) is 0 Å². The zero-order chi connectivity index (χ0) is 18.9. The molecule has 9 atom stereocenters. The van der Waals surface area contributed by atoms with Gasteiger partial charge in [-0.3, -0.25) is 9.59 Å². The van der Waals surface area contributed by atoms with Gasteiger partial charge in [0.05, 0.1) is 18.1 Å². The van der Waals surface area contributed by atoms with Crippen LogP contribution >= 0.6 is 0 Å². The fourth-order valence-electron chi connectivity index (χ4n) is 7.11. The van der Waals surface area contributed by atoms with E-state index in [0.29, 0.717) is 5.57 Å². The highest BCUT2D eigenvalue weighted by Gasteiger charge is 2.84. The quantitative estimate of drug-likeness (QED) is 0.382. The lowest BCUT2D eigenvalue weighted by Crippen LogP contribution is -2.53. The van der Waals surface area contributed by atoms with Crippen LogP contribution in [-0.2, 0) is 14.3 Å². The van der Waals surface area contributed by atoms with Crippen LogP contribution in [0.25, 0.3) is 0 Å². The summed E-state index contributed by atoms with van der Waals surface area (Å²) >= 11 is 0. The van der Waals surface area contributed by atoms with E-state index < -0.39 is 63.9 Å². The van der Waals surface area contributed by atoms with Gasteiger partial charge in [0, 0.05) is 11.8 Å². The first-order chi connectivity index (χ1) is 12.0. The van der Waals surface area contributed by atoms with Crippen molar-refractivity contribution in [2.24, 2.45) is 28.6 Å². The molecule has 1 aliphatic heterocycles. The molecule has 0 aromatic rings. The van der Waals surface area contributed by atoms with Gasteiger partial charge >= 0.3 is 11.9 Å². The van der Waals surface area contributed by atoms with E-state index in [0.717, 1.165) is 0 Å². The predicted molar refractivity (Wildman–Crippen MR) is 86.6 cm³/mol. The maximum absolute atomic E-state index is 12.7. The molecule has 0 aromatic heterocycles. The van der Waals surface area contributed by atoms with Crippen molar-refractivity contribution in [1.29, 1.82) is 0 Å². The minimum absolute atomic E-state index is 0.0808. The second-order valence-corrected chi connectivity index (χ2v) is 9.04. The largest absolute Gasteiger partial charge is 0.481 e. The molecule has 7 heteroatoms. The number of aliphatic hydroxyl groups excluding tert-OH is 2. The molecule has 140 valence electrons. The van der Waals surface area contributed by atoms with E-state index in [9.17, 15) is 30.0 Å². The van der Waals surface area contributed by atoms with Gasteiger partial charge in [0.2, 0.25) is 0 Å². The first-order valence-electron chi connectivity index (χ1n) is 8.96. The highest BCUT2D eigenvalue weighted by atomic mass is 16.6. The van der Waals surface area contributed by atoms with Gasteiger partial charge in [-0.1, -0.05) is 12.7 Å². The van der Waals surface area contributed by atoms with Gasteiger partial charge in [-0.25, -0.2) is 0 Å². The highest BCUT2D eigenvalue weighted by Crippen LogP contribution is 2.77. The van der Waals surface area contributed by atoms with E-state index in [1.165, 1.54) is 6.08 Å². The predicted octanol–water partition coefficient (Wildman–Crippen LogP) is -0.00210. The molecule has 0 radical (unpaired) electrons. The summed E-state index contributed by atoms with van der Waals surface area (Å²) in [6, 6.07) is 0. The van der Waals surface area contributed by atoms with Crippen molar-refractivity contribution in [3.05, 3.63) is 24.3 Å². The van der Waals surface area contributed by atoms with E-state index in [1.54, 1.807) is 13.0 Å². The van der Waals surface area contributed by atoms with Crippen LogP contribution in [0.5, 0.6) is 0 Å². The Hall–Kier alpha value is -1.70. The molecule has 1 saturated heterocycles. The molecule has 0 unspecified atom stereocenters. The molecule has 26 heavy (non-hydrogen) atoms. The lowest BCUT2D eigenvalue weighted by molar-refractivity contribution is -0.169. The number of carboxylic acid groups (broad SMARTS) is 1. The number of esters is 1. The molecule has 5 aliphatic rings. The van der Waals surface area contributed by atoms with Crippen LogP contribution in [0.1, 0.15) is 26.2 Å². The van der Waals surface area contributed by atoms with Crippen molar-refractivity contribution in [2.75, 3.05) is 0 Å². The van der Waals surface area contributed by atoms with Crippen LogP contribution in [0.4, 0.5) is 0 Å². The van der Waals surface area contributed by atoms with Crippen LogP contribution in [-0.4, -0.2) is 55.8 Å². The molecule has 4 bridgehead atoms. The number of aliphatic carboxylic acids is 1. The fraction of sp³-hybridized carbons (Fsp3) is 0.684. The number of carbonyl (C=O) groups is 2. The van der Waals surface area contributed by atoms with E-state index in [-0.39, 0.29) is 19.3 Å². The molecular formula is C19H22O7. The van der Waals surface area contributed by atoms with Crippen LogP contribution in [0.15, 0.2) is 24.3 Å². The van der Waals surface area contributed by atoms with Crippen molar-refractivity contribution in [3.8, 4) is 0 Å². The van der Waals surface area contributed by atoms with Gasteiger partial charge < -0.3 is 25.2 Å². The number of rotatable bonds is 1. The van der Waals surface area contributed by atoms with E-state index in [2.05, 4.69) is 6.58 Å². The minimum Gasteiger partial charge on any atom is -0.481 e. The minimum atomic E-state index is -1.51. The molecule has 4 aliphatic carbocycles. The molecule has 0 aromatic carbocycles. The summed E-state index contributed by atoms with van der Waals surface area (Å²) < 4.78 is 5.81. The van der Waals surface area contributed by atoms with Gasteiger partial charge in [-0.2, -0.15) is 0 Å². The van der Waals surface area contributed by atoms with Gasteiger partial charge in [-0.15, -0.1) is 0 Å². The summed E-state index contributed by atoms with van der Waals surface area (Å²) in [5.74, 6) is -3.87. The van der Waals surface area contributed by atoms with Gasteiger partial charge in [0.25, 0.3) is 0 Å². The third-order valence-corrected chi connectivity index (χ3v) is 8.22. The van der Waals surface area contributed by atoms with Crippen molar-refractivity contribution >= 4 is 11.9 Å². The standard InChI is InChI=1S/C19H22O7/c1-8-6-17-7-18(8,25)11(21)5-9(17)19-4-3-10(20)16(2,15(24)26-19)13(19)12(17)14(22)23/h3-4,9-13,20-21,25H,1,5-7H2,2H3,(H,22,23)/t9-,10+,11+,12-,13-,16+,17+,18+,19-/m1/s1. The third kappa shape index (κ3) is 1.36. The summed E-state index contributed by atoms with van der Waals surface area (Å²) in [6.07, 6.45) is 1.37. The number of carbonyl (C=O) groups excluding carboxylic acids is 1. The summed E-state index contributed by atoms with van der Waals surface area (Å²) in [5.41, 5.74) is -4.48. The van der Waals surface area contributed by atoms with Crippen molar-refractivity contribution in [2.45, 2.75) is 49.6 Å². The van der Waals surface area contributed by atoms with Crippen LogP contribution in [0.2, 0.25) is 0 Å². The normalized spacial score (nSPS) is 59.2. The molecule has 0 amide bonds. The average Bonchev–Trinajstić information content (AvgIpc) is 2.99. The molecule has 1 heterocycles. The molecular weight excluding hydrogens is 340 g/mol. The Labute approximate surface area is 150 Å². The Morgan fingerprint density at radius 2 is 2.08 bits per heavy atom. The number of carboxylic acids is 1. The monoisotopic (exact) mass is 362 g/mol. The van der Waals surface area contributed by atoms with Crippen LogP contribution < -0.4 is 0 Å². The zero-order valence-electron chi connectivity index (χ0n) is 14.4. The molecule has 4 N–H and O–H groups in total. The molecule has 4 fully saturated rings. The lowest BCUT2D eigenvalue weighted by Gasteiger charge is -2.46. The fourth-order valence-corrected chi connectivity index (χ4v) is 7.11. The number of hydrogen-bond donors (Lipinski definition) is 4. The average molecular weight is 362 g/mol. The van der Waals surface area contributed by atoms with Crippen LogP contribution in [0, 0.1) is 28.6 Å². The number of aliphatic hydroxyl groups is 3. The Morgan fingerprint density at radius 3 is 2.73 bits per heavy atom. The van der Waals surface area contributed by atoms with Crippen molar-refractivity contribution in [1.82, 2.24) is 0 Å². The van der Waals surface area contributed by atoms with Crippen molar-refractivity contribution < 1.29 is 34.8 Å². The Kier molecular flexibility index (Phi) is 2.68. The van der Waals surface area contributed by atoms with Gasteiger partial charge in [0.1, 0.15) is 16.6 Å². The smallest absolute Gasteiger partial charge is 0.316 e. The molecule has 5 rings (SSSR count). The maximum Gasteiger partial charge on any atom is 0.316 e.